The molecule has 2 aromatic heterocycles. The number of hydrogen-bond acceptors (Lipinski definition) is 4. The number of pyridine rings is 1. The summed E-state index contributed by atoms with van der Waals surface area (Å²) in [4.78, 5) is 18.1. The standard InChI is InChI=1S/C16H22N4O2/c1-12-14(11-20(18-12)8-7-19(2)3)9-13-10-17-6-5-15(13)16(21)22-4/h5-6,10-11H,7-9H2,1-4H3/p+1. The van der Waals surface area contributed by atoms with E-state index < -0.39 is 0 Å². The fraction of sp³-hybridized carbons (Fsp3) is 0.438. The van der Waals surface area contributed by atoms with Crippen LogP contribution in [-0.2, 0) is 17.7 Å². The molecule has 2 heterocycles. The Morgan fingerprint density at radius 1 is 1.41 bits per heavy atom. The number of hydrogen-bond donors (Lipinski definition) is 1. The van der Waals surface area contributed by atoms with Crippen molar-refractivity contribution in [2.75, 3.05) is 27.7 Å². The number of nitrogens with one attached hydrogen (secondary N) is 1. The van der Waals surface area contributed by atoms with Gasteiger partial charge in [0.2, 0.25) is 0 Å². The number of ether oxygens (including phenoxy) is 1. The van der Waals surface area contributed by atoms with Crippen LogP contribution in [0.5, 0.6) is 0 Å². The van der Waals surface area contributed by atoms with Crippen molar-refractivity contribution in [3.63, 3.8) is 0 Å². The minimum absolute atomic E-state index is 0.328. The first-order valence-electron chi connectivity index (χ1n) is 7.25. The Kier molecular flexibility index (Phi) is 5.27. The van der Waals surface area contributed by atoms with E-state index in [1.165, 1.54) is 7.11 Å². The van der Waals surface area contributed by atoms with Crippen molar-refractivity contribution >= 4 is 5.97 Å². The minimum atomic E-state index is -0.328. The van der Waals surface area contributed by atoms with Gasteiger partial charge in [0.15, 0.2) is 12.7 Å². The summed E-state index contributed by atoms with van der Waals surface area (Å²) in [5, 5.41) is 3.34. The monoisotopic (exact) mass is 303 g/mol. The number of nitrogens with zero attached hydrogens (tertiary/aromatic N) is 3. The van der Waals surface area contributed by atoms with Gasteiger partial charge in [-0.05, 0) is 32.6 Å². The van der Waals surface area contributed by atoms with Crippen LogP contribution in [0.15, 0.2) is 24.7 Å². The lowest BCUT2D eigenvalue weighted by atomic mass is 10.0. The molecule has 1 N–H and O–H groups in total. The molecule has 2 aromatic rings. The Labute approximate surface area is 130 Å². The van der Waals surface area contributed by atoms with Crippen LogP contribution in [-0.4, -0.2) is 48.7 Å². The van der Waals surface area contributed by atoms with Crippen molar-refractivity contribution in [3.8, 4) is 0 Å². The van der Waals surface area contributed by atoms with Gasteiger partial charge in [-0.2, -0.15) is 5.10 Å². The SMILES string of the molecule is COC(=O)c1ccncc1Cc1c[n+](CCN(C)C)[nH]c1C. The Morgan fingerprint density at radius 3 is 2.86 bits per heavy atom. The molecular weight excluding hydrogens is 280 g/mol. The van der Waals surface area contributed by atoms with Crippen LogP contribution in [0, 0.1) is 6.92 Å². The average molecular weight is 303 g/mol. The highest BCUT2D eigenvalue weighted by molar-refractivity contribution is 5.90. The highest BCUT2D eigenvalue weighted by Gasteiger charge is 2.17. The van der Waals surface area contributed by atoms with Crippen molar-refractivity contribution in [2.24, 2.45) is 0 Å². The van der Waals surface area contributed by atoms with Gasteiger partial charge >= 0.3 is 5.97 Å². The number of carbonyl (C=O) groups is 1. The van der Waals surface area contributed by atoms with Crippen LogP contribution < -0.4 is 4.68 Å². The summed E-state index contributed by atoms with van der Waals surface area (Å²) in [5.74, 6) is -0.328. The third kappa shape index (κ3) is 3.92. The Hall–Kier alpha value is -2.21. The molecule has 0 fully saturated rings. The predicted molar refractivity (Wildman–Crippen MR) is 82.7 cm³/mol. The number of carbonyl (C=O) groups excluding carboxylic acids is 1. The topological polar surface area (TPSA) is 62.1 Å². The lowest BCUT2D eigenvalue weighted by Gasteiger charge is -2.05. The molecule has 0 atom stereocenters. The molecule has 0 aliphatic heterocycles. The molecule has 0 saturated carbocycles. The van der Waals surface area contributed by atoms with E-state index in [2.05, 4.69) is 40.0 Å². The van der Waals surface area contributed by atoms with Gasteiger partial charge in [-0.25, -0.2) is 4.79 Å². The lowest BCUT2D eigenvalue weighted by Crippen LogP contribution is -2.40. The zero-order valence-electron chi connectivity index (χ0n) is 13.6. The molecule has 0 aliphatic carbocycles. The van der Waals surface area contributed by atoms with Gasteiger partial charge in [0.1, 0.15) is 0 Å². The smallest absolute Gasteiger partial charge is 0.338 e. The Morgan fingerprint density at radius 2 is 2.18 bits per heavy atom. The average Bonchev–Trinajstić information content (AvgIpc) is 2.85. The lowest BCUT2D eigenvalue weighted by molar-refractivity contribution is -0.749. The van der Waals surface area contributed by atoms with E-state index in [0.717, 1.165) is 29.9 Å². The largest absolute Gasteiger partial charge is 0.465 e. The predicted octanol–water partition coefficient (Wildman–Crippen LogP) is 0.945. The highest BCUT2D eigenvalue weighted by Crippen LogP contribution is 2.15. The first-order valence-corrected chi connectivity index (χ1v) is 7.25. The van der Waals surface area contributed by atoms with E-state index >= 15 is 0 Å². The van der Waals surface area contributed by atoms with Gasteiger partial charge in [-0.1, -0.05) is 0 Å². The van der Waals surface area contributed by atoms with E-state index in [9.17, 15) is 4.79 Å². The van der Waals surface area contributed by atoms with Crippen molar-refractivity contribution in [1.29, 1.82) is 0 Å². The fourth-order valence-electron chi connectivity index (χ4n) is 2.29. The van der Waals surface area contributed by atoms with Crippen molar-refractivity contribution in [3.05, 3.63) is 47.0 Å². The molecule has 0 aliphatic rings. The summed E-state index contributed by atoms with van der Waals surface area (Å²) < 4.78 is 6.90. The second-order valence-corrected chi connectivity index (χ2v) is 5.59. The second-order valence-electron chi connectivity index (χ2n) is 5.59. The van der Waals surface area contributed by atoms with E-state index in [0.29, 0.717) is 12.0 Å². The van der Waals surface area contributed by atoms with Crippen LogP contribution in [0.2, 0.25) is 0 Å². The number of aryl methyl sites for hydroxylation is 1. The molecule has 22 heavy (non-hydrogen) atoms. The van der Waals surface area contributed by atoms with Crippen LogP contribution in [0.4, 0.5) is 0 Å². The third-order valence-electron chi connectivity index (χ3n) is 3.58. The zero-order valence-corrected chi connectivity index (χ0v) is 13.6. The highest BCUT2D eigenvalue weighted by atomic mass is 16.5. The van der Waals surface area contributed by atoms with Gasteiger partial charge in [0.05, 0.1) is 24.9 Å². The molecule has 0 amide bonds. The van der Waals surface area contributed by atoms with E-state index in [-0.39, 0.29) is 5.97 Å². The molecular formula is C16H23N4O2+. The summed E-state index contributed by atoms with van der Waals surface area (Å²) in [6, 6.07) is 1.70. The molecule has 0 aromatic carbocycles. The maximum atomic E-state index is 11.8. The summed E-state index contributed by atoms with van der Waals surface area (Å²) in [5.41, 5.74) is 3.68. The molecule has 0 bridgehead atoms. The Bertz CT molecular complexity index is 649. The van der Waals surface area contributed by atoms with Crippen LogP contribution in [0.1, 0.15) is 27.2 Å². The van der Waals surface area contributed by atoms with Gasteiger partial charge in [-0.15, -0.1) is 4.68 Å². The van der Waals surface area contributed by atoms with Gasteiger partial charge in [0.25, 0.3) is 0 Å². The second kappa shape index (κ2) is 7.17. The van der Waals surface area contributed by atoms with Crippen molar-refractivity contribution in [1.82, 2.24) is 15.0 Å². The summed E-state index contributed by atoms with van der Waals surface area (Å²) >= 11 is 0. The molecule has 118 valence electrons. The number of esters is 1. The minimum Gasteiger partial charge on any atom is -0.465 e. The molecule has 0 spiro atoms. The maximum Gasteiger partial charge on any atom is 0.338 e. The first-order chi connectivity index (χ1) is 10.5. The van der Waals surface area contributed by atoms with E-state index in [1.54, 1.807) is 18.5 Å². The van der Waals surface area contributed by atoms with E-state index in [4.69, 9.17) is 4.74 Å². The number of aromatic amines is 1. The quantitative estimate of drug-likeness (QED) is 0.637. The van der Waals surface area contributed by atoms with Gasteiger partial charge in [0, 0.05) is 24.4 Å². The number of aromatic nitrogens is 3. The molecule has 0 radical (unpaired) electrons. The van der Waals surface area contributed by atoms with Crippen LogP contribution >= 0.6 is 0 Å². The molecule has 6 heteroatoms. The summed E-state index contributed by atoms with van der Waals surface area (Å²) in [7, 11) is 5.49. The summed E-state index contributed by atoms with van der Waals surface area (Å²) in [6.45, 7) is 3.89. The van der Waals surface area contributed by atoms with Crippen LogP contribution in [0.25, 0.3) is 0 Å². The van der Waals surface area contributed by atoms with E-state index in [1.807, 2.05) is 6.92 Å². The van der Waals surface area contributed by atoms with Gasteiger partial charge in [-0.3, -0.25) is 4.98 Å². The number of methoxy groups -OCH3 is 1. The third-order valence-corrected chi connectivity index (χ3v) is 3.58. The maximum absolute atomic E-state index is 11.8. The number of H-pyrrole nitrogens is 1. The zero-order chi connectivity index (χ0) is 16.1. The van der Waals surface area contributed by atoms with Gasteiger partial charge < -0.3 is 9.64 Å². The van der Waals surface area contributed by atoms with Crippen molar-refractivity contribution < 1.29 is 14.2 Å². The molecule has 2 rings (SSSR count). The number of likely N-dealkylation sites (N-methyl/N-ethyl adjacent to an activating group) is 1. The fourth-order valence-corrected chi connectivity index (χ4v) is 2.29. The van der Waals surface area contributed by atoms with Crippen LogP contribution in [0.3, 0.4) is 0 Å². The Balaban J connectivity index is 2.19. The van der Waals surface area contributed by atoms with Crippen molar-refractivity contribution in [2.45, 2.75) is 19.9 Å². The molecule has 0 unspecified atom stereocenters. The first kappa shape index (κ1) is 16.2. The molecule has 0 saturated heterocycles. The number of rotatable bonds is 6. The molecule has 6 nitrogen and oxygen atoms in total. The summed E-state index contributed by atoms with van der Waals surface area (Å²) in [6.07, 6.45) is 6.07. The normalized spacial score (nSPS) is 11.0.